The first-order valence-electron chi connectivity index (χ1n) is 6.98. The lowest BCUT2D eigenvalue weighted by molar-refractivity contribution is 0.0577. The standard InChI is InChI=1S/C14H29N3O/c1-7-14(2,3)17-10-8-12(9-11-17)16(6)13(18)15(4)5/h12H,7-11H2,1-6H3. The molecule has 4 nitrogen and oxygen atoms in total. The van der Waals surface area contributed by atoms with Crippen LogP contribution in [0.1, 0.15) is 40.0 Å². The van der Waals surface area contributed by atoms with Gasteiger partial charge >= 0.3 is 6.03 Å². The van der Waals surface area contributed by atoms with Crippen molar-refractivity contribution in [3.05, 3.63) is 0 Å². The molecule has 0 aliphatic carbocycles. The SMILES string of the molecule is CCC(C)(C)N1CCC(N(C)C(=O)N(C)C)CC1. The van der Waals surface area contributed by atoms with E-state index in [9.17, 15) is 4.79 Å². The summed E-state index contributed by atoms with van der Waals surface area (Å²) in [5, 5.41) is 0. The Bertz CT molecular complexity index is 281. The first-order chi connectivity index (χ1) is 8.29. The molecule has 0 bridgehead atoms. The van der Waals surface area contributed by atoms with Gasteiger partial charge in [-0.15, -0.1) is 0 Å². The molecule has 1 rings (SSSR count). The summed E-state index contributed by atoms with van der Waals surface area (Å²) >= 11 is 0. The van der Waals surface area contributed by atoms with Crippen molar-refractivity contribution < 1.29 is 4.79 Å². The molecule has 0 spiro atoms. The number of carbonyl (C=O) groups is 1. The Balaban J connectivity index is 2.52. The molecule has 1 heterocycles. The van der Waals surface area contributed by atoms with Crippen LogP contribution in [-0.2, 0) is 0 Å². The van der Waals surface area contributed by atoms with E-state index in [1.165, 1.54) is 6.42 Å². The first-order valence-corrected chi connectivity index (χ1v) is 6.98. The van der Waals surface area contributed by atoms with Crippen LogP contribution in [0.15, 0.2) is 0 Å². The molecule has 18 heavy (non-hydrogen) atoms. The number of nitrogens with zero attached hydrogens (tertiary/aromatic N) is 3. The monoisotopic (exact) mass is 255 g/mol. The fraction of sp³-hybridized carbons (Fsp3) is 0.929. The van der Waals surface area contributed by atoms with E-state index >= 15 is 0 Å². The summed E-state index contributed by atoms with van der Waals surface area (Å²) in [7, 11) is 5.55. The van der Waals surface area contributed by atoms with Gasteiger partial charge in [0.05, 0.1) is 0 Å². The van der Waals surface area contributed by atoms with Crippen LogP contribution in [0, 0.1) is 0 Å². The van der Waals surface area contributed by atoms with Crippen LogP contribution < -0.4 is 0 Å². The zero-order valence-electron chi connectivity index (χ0n) is 12.9. The van der Waals surface area contributed by atoms with Crippen LogP contribution in [-0.4, -0.2) is 66.5 Å². The second kappa shape index (κ2) is 5.91. The molecule has 1 fully saturated rings. The average molecular weight is 255 g/mol. The molecular formula is C14H29N3O. The van der Waals surface area contributed by atoms with Gasteiger partial charge in [0.1, 0.15) is 0 Å². The predicted molar refractivity (Wildman–Crippen MR) is 75.8 cm³/mol. The Hall–Kier alpha value is -0.770. The van der Waals surface area contributed by atoms with Crippen molar-refractivity contribution in [2.75, 3.05) is 34.2 Å². The predicted octanol–water partition coefficient (Wildman–Crippen LogP) is 2.25. The molecule has 0 aromatic carbocycles. The molecule has 0 aromatic heterocycles. The molecule has 1 aliphatic rings. The van der Waals surface area contributed by atoms with Gasteiger partial charge in [-0.2, -0.15) is 0 Å². The van der Waals surface area contributed by atoms with Crippen LogP contribution in [0.2, 0.25) is 0 Å². The van der Waals surface area contributed by atoms with Crippen LogP contribution in [0.25, 0.3) is 0 Å². The van der Waals surface area contributed by atoms with Gasteiger partial charge in [0.25, 0.3) is 0 Å². The summed E-state index contributed by atoms with van der Waals surface area (Å²) in [6.45, 7) is 9.05. The van der Waals surface area contributed by atoms with Gasteiger partial charge in [-0.1, -0.05) is 6.92 Å². The fourth-order valence-electron chi connectivity index (χ4n) is 2.55. The third kappa shape index (κ3) is 3.37. The number of piperidine rings is 1. The summed E-state index contributed by atoms with van der Waals surface area (Å²) in [6, 6.07) is 0.506. The fourth-order valence-corrected chi connectivity index (χ4v) is 2.55. The van der Waals surface area contributed by atoms with Gasteiger partial charge < -0.3 is 9.80 Å². The van der Waals surface area contributed by atoms with E-state index in [-0.39, 0.29) is 11.6 Å². The van der Waals surface area contributed by atoms with E-state index in [0.29, 0.717) is 6.04 Å². The van der Waals surface area contributed by atoms with Gasteiger partial charge in [0.15, 0.2) is 0 Å². The minimum atomic E-state index is 0.114. The quantitative estimate of drug-likeness (QED) is 0.773. The zero-order chi connectivity index (χ0) is 13.9. The van der Waals surface area contributed by atoms with E-state index in [1.807, 2.05) is 26.0 Å². The summed E-state index contributed by atoms with van der Waals surface area (Å²) in [6.07, 6.45) is 3.34. The molecule has 1 saturated heterocycles. The molecule has 106 valence electrons. The Morgan fingerprint density at radius 1 is 1.22 bits per heavy atom. The largest absolute Gasteiger partial charge is 0.331 e. The van der Waals surface area contributed by atoms with Crippen molar-refractivity contribution in [1.29, 1.82) is 0 Å². The van der Waals surface area contributed by atoms with E-state index in [0.717, 1.165) is 25.9 Å². The molecule has 4 heteroatoms. The molecule has 0 aromatic rings. The van der Waals surface area contributed by atoms with Crippen LogP contribution in [0.4, 0.5) is 4.79 Å². The number of hydrogen-bond acceptors (Lipinski definition) is 2. The number of hydrogen-bond donors (Lipinski definition) is 0. The molecule has 0 unspecified atom stereocenters. The normalized spacial score (nSPS) is 18.8. The number of amides is 2. The Labute approximate surface area is 112 Å². The molecule has 1 aliphatic heterocycles. The lowest BCUT2D eigenvalue weighted by Crippen LogP contribution is -2.53. The highest BCUT2D eigenvalue weighted by Crippen LogP contribution is 2.25. The van der Waals surface area contributed by atoms with Gasteiger partial charge in [0, 0.05) is 45.8 Å². The molecule has 0 radical (unpaired) electrons. The Morgan fingerprint density at radius 3 is 2.11 bits per heavy atom. The zero-order valence-corrected chi connectivity index (χ0v) is 12.9. The highest BCUT2D eigenvalue weighted by molar-refractivity contribution is 5.73. The van der Waals surface area contributed by atoms with E-state index in [4.69, 9.17) is 0 Å². The highest BCUT2D eigenvalue weighted by Gasteiger charge is 2.31. The van der Waals surface area contributed by atoms with E-state index < -0.39 is 0 Å². The number of carbonyl (C=O) groups excluding carboxylic acids is 1. The lowest BCUT2D eigenvalue weighted by Gasteiger charge is -2.44. The molecule has 0 atom stereocenters. The van der Waals surface area contributed by atoms with Gasteiger partial charge in [0.2, 0.25) is 0 Å². The maximum absolute atomic E-state index is 11.9. The maximum Gasteiger partial charge on any atom is 0.319 e. The van der Waals surface area contributed by atoms with Crippen molar-refractivity contribution >= 4 is 6.03 Å². The average Bonchev–Trinajstić information content (AvgIpc) is 2.37. The van der Waals surface area contributed by atoms with Gasteiger partial charge in [-0.05, 0) is 33.1 Å². The third-order valence-electron chi connectivity index (χ3n) is 4.42. The summed E-state index contributed by atoms with van der Waals surface area (Å²) < 4.78 is 0. The first kappa shape index (κ1) is 15.3. The molecule has 0 N–H and O–H groups in total. The van der Waals surface area contributed by atoms with Gasteiger partial charge in [-0.3, -0.25) is 4.90 Å². The second-order valence-corrected chi connectivity index (χ2v) is 6.17. The maximum atomic E-state index is 11.9. The van der Waals surface area contributed by atoms with Crippen molar-refractivity contribution in [3.8, 4) is 0 Å². The highest BCUT2D eigenvalue weighted by atomic mass is 16.2. The van der Waals surface area contributed by atoms with E-state index in [1.54, 1.807) is 4.90 Å². The smallest absolute Gasteiger partial charge is 0.319 e. The topological polar surface area (TPSA) is 26.8 Å². The van der Waals surface area contributed by atoms with Crippen LogP contribution in [0.3, 0.4) is 0 Å². The van der Waals surface area contributed by atoms with E-state index in [2.05, 4.69) is 25.7 Å². The molecule has 0 saturated carbocycles. The van der Waals surface area contributed by atoms with Gasteiger partial charge in [-0.25, -0.2) is 4.79 Å². The minimum Gasteiger partial charge on any atom is -0.331 e. The minimum absolute atomic E-state index is 0.114. The lowest BCUT2D eigenvalue weighted by atomic mass is 9.94. The molecular weight excluding hydrogens is 226 g/mol. The van der Waals surface area contributed by atoms with Crippen LogP contribution >= 0.6 is 0 Å². The number of rotatable bonds is 3. The van der Waals surface area contributed by atoms with Crippen molar-refractivity contribution in [2.45, 2.75) is 51.6 Å². The second-order valence-electron chi connectivity index (χ2n) is 6.17. The van der Waals surface area contributed by atoms with Crippen LogP contribution in [0.5, 0.6) is 0 Å². The number of urea groups is 1. The van der Waals surface area contributed by atoms with Crippen molar-refractivity contribution in [2.24, 2.45) is 0 Å². The summed E-state index contributed by atoms with van der Waals surface area (Å²) in [5.41, 5.74) is 0.287. The summed E-state index contributed by atoms with van der Waals surface area (Å²) in [4.78, 5) is 18.0. The molecule has 2 amide bonds. The van der Waals surface area contributed by atoms with Crippen molar-refractivity contribution in [1.82, 2.24) is 14.7 Å². The van der Waals surface area contributed by atoms with Crippen molar-refractivity contribution in [3.63, 3.8) is 0 Å². The number of likely N-dealkylation sites (tertiary alicyclic amines) is 1. The third-order valence-corrected chi connectivity index (χ3v) is 4.42. The Kier molecular flexibility index (Phi) is 5.02. The Morgan fingerprint density at radius 2 is 1.72 bits per heavy atom. The summed E-state index contributed by atoms with van der Waals surface area (Å²) in [5.74, 6) is 0.